The van der Waals surface area contributed by atoms with Gasteiger partial charge in [-0.05, 0) is 24.5 Å². The van der Waals surface area contributed by atoms with Crippen molar-refractivity contribution in [3.8, 4) is 0 Å². The van der Waals surface area contributed by atoms with Crippen LogP contribution in [0.2, 0.25) is 0 Å². The topological polar surface area (TPSA) is 3.24 Å². The fourth-order valence-corrected chi connectivity index (χ4v) is 3.33. The number of halogens is 1. The first-order chi connectivity index (χ1) is 10.8. The van der Waals surface area contributed by atoms with Gasteiger partial charge in [-0.2, -0.15) is 0 Å². The monoisotopic (exact) mass is 315 g/mol. The van der Waals surface area contributed by atoms with E-state index in [-0.39, 0.29) is 6.04 Å². The average molecular weight is 316 g/mol. The van der Waals surface area contributed by atoms with Crippen molar-refractivity contribution in [2.24, 2.45) is 0 Å². The SMILES string of the molecule is CCC[C@H](C)N(CCCl)C(c1ccccc1)c1ccccc1. The van der Waals surface area contributed by atoms with Gasteiger partial charge in [0.25, 0.3) is 0 Å². The van der Waals surface area contributed by atoms with E-state index >= 15 is 0 Å². The summed E-state index contributed by atoms with van der Waals surface area (Å²) in [5.41, 5.74) is 2.67. The molecule has 0 aliphatic rings. The standard InChI is InChI=1S/C20H26ClN/c1-3-10-17(2)22(16-15-21)20(18-11-6-4-7-12-18)19-13-8-5-9-14-19/h4-9,11-14,17,20H,3,10,15-16H2,1-2H3/t17-/m0/s1. The lowest BCUT2D eigenvalue weighted by Gasteiger charge is -2.37. The van der Waals surface area contributed by atoms with Crippen LogP contribution in [0.3, 0.4) is 0 Å². The lowest BCUT2D eigenvalue weighted by atomic mass is 9.95. The second kappa shape index (κ2) is 8.97. The van der Waals surface area contributed by atoms with E-state index < -0.39 is 0 Å². The average Bonchev–Trinajstić information content (AvgIpc) is 2.56. The van der Waals surface area contributed by atoms with Crippen molar-refractivity contribution in [2.45, 2.75) is 38.8 Å². The molecule has 2 aromatic carbocycles. The molecule has 0 unspecified atom stereocenters. The molecule has 0 N–H and O–H groups in total. The molecule has 0 aliphatic heterocycles. The van der Waals surface area contributed by atoms with Crippen molar-refractivity contribution >= 4 is 11.6 Å². The summed E-state index contributed by atoms with van der Waals surface area (Å²) in [6.45, 7) is 5.46. The van der Waals surface area contributed by atoms with Gasteiger partial charge in [-0.1, -0.05) is 74.0 Å². The lowest BCUT2D eigenvalue weighted by molar-refractivity contribution is 0.168. The molecule has 0 saturated carbocycles. The molecule has 0 heterocycles. The molecule has 0 radical (unpaired) electrons. The number of benzene rings is 2. The summed E-state index contributed by atoms with van der Waals surface area (Å²) in [5, 5.41) is 0. The van der Waals surface area contributed by atoms with Crippen LogP contribution >= 0.6 is 11.6 Å². The summed E-state index contributed by atoms with van der Waals surface area (Å²) < 4.78 is 0. The number of hydrogen-bond donors (Lipinski definition) is 0. The third-order valence-electron chi connectivity index (χ3n) is 4.18. The Kier molecular flexibility index (Phi) is 6.95. The largest absolute Gasteiger partial charge is 0.288 e. The van der Waals surface area contributed by atoms with Crippen LogP contribution in [0.25, 0.3) is 0 Å². The number of nitrogens with zero attached hydrogens (tertiary/aromatic N) is 1. The van der Waals surface area contributed by atoms with Crippen LogP contribution in [0, 0.1) is 0 Å². The van der Waals surface area contributed by atoms with Gasteiger partial charge in [-0.15, -0.1) is 11.6 Å². The van der Waals surface area contributed by atoms with Gasteiger partial charge in [0.15, 0.2) is 0 Å². The van der Waals surface area contributed by atoms with Crippen LogP contribution in [-0.2, 0) is 0 Å². The molecule has 2 aromatic rings. The van der Waals surface area contributed by atoms with E-state index in [4.69, 9.17) is 11.6 Å². The molecule has 2 heteroatoms. The fourth-order valence-electron chi connectivity index (χ4n) is 3.13. The smallest absolute Gasteiger partial charge is 0.0604 e. The van der Waals surface area contributed by atoms with E-state index in [1.54, 1.807) is 0 Å². The molecular formula is C20H26ClN. The molecule has 0 spiro atoms. The van der Waals surface area contributed by atoms with Crippen LogP contribution in [0.1, 0.15) is 43.9 Å². The Morgan fingerprint density at radius 3 is 1.82 bits per heavy atom. The van der Waals surface area contributed by atoms with Gasteiger partial charge in [0, 0.05) is 18.5 Å². The Morgan fingerprint density at radius 2 is 1.41 bits per heavy atom. The Bertz CT molecular complexity index is 486. The third kappa shape index (κ3) is 4.34. The quantitative estimate of drug-likeness (QED) is 0.581. The van der Waals surface area contributed by atoms with Crippen molar-refractivity contribution in [2.75, 3.05) is 12.4 Å². The molecule has 118 valence electrons. The third-order valence-corrected chi connectivity index (χ3v) is 4.35. The predicted molar refractivity (Wildman–Crippen MR) is 96.5 cm³/mol. The van der Waals surface area contributed by atoms with Crippen LogP contribution in [0.15, 0.2) is 60.7 Å². The van der Waals surface area contributed by atoms with Gasteiger partial charge in [0.2, 0.25) is 0 Å². The number of alkyl halides is 1. The van der Waals surface area contributed by atoms with Crippen LogP contribution in [0.5, 0.6) is 0 Å². The zero-order chi connectivity index (χ0) is 15.8. The van der Waals surface area contributed by atoms with E-state index in [1.165, 1.54) is 24.0 Å². The predicted octanol–water partition coefficient (Wildman–Crippen LogP) is 5.51. The highest BCUT2D eigenvalue weighted by Crippen LogP contribution is 2.31. The lowest BCUT2D eigenvalue weighted by Crippen LogP contribution is -2.38. The molecule has 0 fully saturated rings. The highest BCUT2D eigenvalue weighted by atomic mass is 35.5. The van der Waals surface area contributed by atoms with E-state index in [2.05, 4.69) is 79.4 Å². The van der Waals surface area contributed by atoms with E-state index in [0.717, 1.165) is 6.54 Å². The fraction of sp³-hybridized carbons (Fsp3) is 0.400. The van der Waals surface area contributed by atoms with Crippen LogP contribution in [-0.4, -0.2) is 23.4 Å². The molecule has 0 aromatic heterocycles. The number of rotatable bonds is 8. The van der Waals surface area contributed by atoms with Gasteiger partial charge in [-0.25, -0.2) is 0 Å². The maximum atomic E-state index is 6.12. The second-order valence-electron chi connectivity index (χ2n) is 5.79. The first-order valence-corrected chi connectivity index (χ1v) is 8.73. The maximum Gasteiger partial charge on any atom is 0.0604 e. The highest BCUT2D eigenvalue weighted by molar-refractivity contribution is 6.18. The van der Waals surface area contributed by atoms with Crippen molar-refractivity contribution in [1.29, 1.82) is 0 Å². The van der Waals surface area contributed by atoms with Crippen molar-refractivity contribution in [3.63, 3.8) is 0 Å². The van der Waals surface area contributed by atoms with Gasteiger partial charge < -0.3 is 0 Å². The zero-order valence-corrected chi connectivity index (χ0v) is 14.3. The number of hydrogen-bond acceptors (Lipinski definition) is 1. The summed E-state index contributed by atoms with van der Waals surface area (Å²) in [5.74, 6) is 0.657. The molecule has 0 bridgehead atoms. The van der Waals surface area contributed by atoms with Crippen molar-refractivity contribution in [1.82, 2.24) is 4.90 Å². The maximum absolute atomic E-state index is 6.12. The normalized spacial score (nSPS) is 12.8. The van der Waals surface area contributed by atoms with E-state index in [1.807, 2.05) is 0 Å². The van der Waals surface area contributed by atoms with Crippen molar-refractivity contribution in [3.05, 3.63) is 71.8 Å². The molecule has 0 saturated heterocycles. The van der Waals surface area contributed by atoms with Crippen LogP contribution < -0.4 is 0 Å². The molecule has 1 nitrogen and oxygen atoms in total. The molecule has 22 heavy (non-hydrogen) atoms. The summed E-state index contributed by atoms with van der Waals surface area (Å²) in [6, 6.07) is 22.3. The van der Waals surface area contributed by atoms with E-state index in [0.29, 0.717) is 11.9 Å². The highest BCUT2D eigenvalue weighted by Gasteiger charge is 2.25. The Labute approximate surface area is 139 Å². The minimum Gasteiger partial charge on any atom is -0.288 e. The molecule has 1 atom stereocenters. The Hall–Kier alpha value is -1.31. The zero-order valence-electron chi connectivity index (χ0n) is 13.6. The minimum atomic E-state index is 0.266. The first kappa shape index (κ1) is 17.1. The molecule has 0 amide bonds. The van der Waals surface area contributed by atoms with Gasteiger partial charge in [0.05, 0.1) is 6.04 Å². The van der Waals surface area contributed by atoms with Crippen LogP contribution in [0.4, 0.5) is 0 Å². The first-order valence-electron chi connectivity index (χ1n) is 8.19. The summed E-state index contributed by atoms with van der Waals surface area (Å²) in [7, 11) is 0. The second-order valence-corrected chi connectivity index (χ2v) is 6.17. The molecule has 0 aliphatic carbocycles. The van der Waals surface area contributed by atoms with Gasteiger partial charge in [-0.3, -0.25) is 4.90 Å². The minimum absolute atomic E-state index is 0.266. The van der Waals surface area contributed by atoms with Gasteiger partial charge >= 0.3 is 0 Å². The van der Waals surface area contributed by atoms with Crippen molar-refractivity contribution < 1.29 is 0 Å². The molecule has 2 rings (SSSR count). The van der Waals surface area contributed by atoms with E-state index in [9.17, 15) is 0 Å². The Morgan fingerprint density at radius 1 is 0.909 bits per heavy atom. The summed E-state index contributed by atoms with van der Waals surface area (Å²) in [4.78, 5) is 2.54. The Balaban J connectivity index is 2.41. The summed E-state index contributed by atoms with van der Waals surface area (Å²) in [6.07, 6.45) is 2.38. The van der Waals surface area contributed by atoms with Gasteiger partial charge in [0.1, 0.15) is 0 Å². The molecular weight excluding hydrogens is 290 g/mol. The summed E-state index contributed by atoms with van der Waals surface area (Å²) >= 11 is 6.12.